The molecule has 4 unspecified atom stereocenters. The molecule has 0 aromatic heterocycles. The lowest BCUT2D eigenvalue weighted by Crippen LogP contribution is -2.26. The van der Waals surface area contributed by atoms with Crippen LogP contribution in [0.5, 0.6) is 34.5 Å². The summed E-state index contributed by atoms with van der Waals surface area (Å²) in [6, 6.07) is 15.2. The van der Waals surface area contributed by atoms with Gasteiger partial charge in [-0.1, -0.05) is 0 Å². The van der Waals surface area contributed by atoms with Gasteiger partial charge in [0.15, 0.2) is 25.2 Å². The monoisotopic (exact) mass is 1120 g/mol. The van der Waals surface area contributed by atoms with E-state index in [1.807, 2.05) is 0 Å². The molecule has 2 amide bonds. The number of rotatable bonds is 37. The van der Waals surface area contributed by atoms with Crippen LogP contribution in [0.25, 0.3) is 0 Å². The fraction of sp³-hybridized carbons (Fsp3) is 0.650. The highest BCUT2D eigenvalue weighted by Gasteiger charge is 2.19. The number of esters is 1. The van der Waals surface area contributed by atoms with Crippen molar-refractivity contribution < 1.29 is 85.4 Å². The molecule has 20 heteroatoms. The van der Waals surface area contributed by atoms with Crippen molar-refractivity contribution in [3.8, 4) is 34.5 Å². The van der Waals surface area contributed by atoms with Crippen LogP contribution in [0.4, 0.5) is 0 Å². The third-order valence-electron chi connectivity index (χ3n) is 13.3. The van der Waals surface area contributed by atoms with Crippen LogP contribution in [0, 0.1) is 0 Å². The predicted octanol–water partition coefficient (Wildman–Crippen LogP) is 9.12. The zero-order valence-corrected chi connectivity index (χ0v) is 46.9. The predicted molar refractivity (Wildman–Crippen MR) is 294 cm³/mol. The summed E-state index contributed by atoms with van der Waals surface area (Å²) in [7, 11) is 1.30. The van der Waals surface area contributed by atoms with Gasteiger partial charge in [-0.25, -0.2) is 4.79 Å². The molecule has 4 saturated heterocycles. The molecule has 4 fully saturated rings. The quantitative estimate of drug-likeness (QED) is 0.0407. The van der Waals surface area contributed by atoms with Crippen LogP contribution in [0.1, 0.15) is 147 Å². The summed E-state index contributed by atoms with van der Waals surface area (Å²) in [4.78, 5) is 39.7. The first kappa shape index (κ1) is 62.2. The summed E-state index contributed by atoms with van der Waals surface area (Å²) in [5.41, 5.74) is 1.02. The molecule has 4 heterocycles. The molecular weight excluding hydrogens is 1040 g/mol. The molecule has 0 aliphatic carbocycles. The lowest BCUT2D eigenvalue weighted by Gasteiger charge is -2.22. The van der Waals surface area contributed by atoms with Crippen molar-refractivity contribution in [3.05, 3.63) is 71.3 Å². The number of ether oxygens (including phenoxy) is 15. The largest absolute Gasteiger partial charge is 0.493 e. The fourth-order valence-electron chi connectivity index (χ4n) is 9.07. The van der Waals surface area contributed by atoms with E-state index < -0.39 is 5.97 Å². The summed E-state index contributed by atoms with van der Waals surface area (Å²) >= 11 is 0. The Kier molecular flexibility index (Phi) is 28.6. The van der Waals surface area contributed by atoms with Crippen LogP contribution in [0.15, 0.2) is 54.6 Å². The highest BCUT2D eigenvalue weighted by Crippen LogP contribution is 2.28. The Balaban J connectivity index is 0.844. The van der Waals surface area contributed by atoms with Crippen LogP contribution >= 0.6 is 0 Å². The lowest BCUT2D eigenvalue weighted by molar-refractivity contribution is -0.163. The van der Waals surface area contributed by atoms with Gasteiger partial charge in [0.2, 0.25) is 0 Å². The van der Waals surface area contributed by atoms with E-state index in [9.17, 15) is 14.4 Å². The summed E-state index contributed by atoms with van der Waals surface area (Å²) < 4.78 is 87.5. The minimum absolute atomic E-state index is 0.168. The van der Waals surface area contributed by atoms with Gasteiger partial charge in [0.25, 0.3) is 11.8 Å². The van der Waals surface area contributed by atoms with Crippen molar-refractivity contribution in [3.63, 3.8) is 0 Å². The Hall–Kier alpha value is -5.45. The van der Waals surface area contributed by atoms with Gasteiger partial charge in [-0.05, 0) is 126 Å². The van der Waals surface area contributed by atoms with Crippen molar-refractivity contribution in [2.75, 3.05) is 113 Å². The number of carbonyl (C=O) groups is 3. The summed E-state index contributed by atoms with van der Waals surface area (Å²) in [6.07, 6.45) is 15.0. The van der Waals surface area contributed by atoms with Gasteiger partial charge in [-0.15, -0.1) is 0 Å². The van der Waals surface area contributed by atoms with E-state index in [1.54, 1.807) is 54.6 Å². The lowest BCUT2D eigenvalue weighted by atomic mass is 10.2. The molecule has 4 aliphatic heterocycles. The van der Waals surface area contributed by atoms with Crippen molar-refractivity contribution in [1.82, 2.24) is 10.6 Å². The molecule has 3 aromatic rings. The molecule has 4 atom stereocenters. The number of hydrogen-bond acceptors (Lipinski definition) is 18. The van der Waals surface area contributed by atoms with E-state index in [0.29, 0.717) is 150 Å². The highest BCUT2D eigenvalue weighted by molar-refractivity contribution is 5.95. The molecular formula is C60H86N2O18. The second kappa shape index (κ2) is 36.8. The summed E-state index contributed by atoms with van der Waals surface area (Å²) in [5.74, 6) is 1.66. The minimum atomic E-state index is -0.557. The molecule has 7 rings (SSSR count). The zero-order valence-electron chi connectivity index (χ0n) is 46.9. The smallest absolute Gasteiger partial charge is 0.338 e. The van der Waals surface area contributed by atoms with Gasteiger partial charge in [0.1, 0.15) is 34.5 Å². The van der Waals surface area contributed by atoms with Gasteiger partial charge in [-0.3, -0.25) is 9.59 Å². The average molecular weight is 1120 g/mol. The molecule has 0 saturated carbocycles. The van der Waals surface area contributed by atoms with Crippen LogP contribution in [0.2, 0.25) is 0 Å². The fourth-order valence-corrected chi connectivity index (χ4v) is 9.07. The first-order chi connectivity index (χ1) is 39.4. The van der Waals surface area contributed by atoms with E-state index in [4.69, 9.17) is 71.1 Å². The van der Waals surface area contributed by atoms with E-state index in [-0.39, 0.29) is 55.8 Å². The molecule has 0 radical (unpaired) electrons. The van der Waals surface area contributed by atoms with Gasteiger partial charge >= 0.3 is 5.97 Å². The minimum Gasteiger partial charge on any atom is -0.493 e. The van der Waals surface area contributed by atoms with Crippen molar-refractivity contribution in [1.29, 1.82) is 0 Å². The number of benzene rings is 3. The highest BCUT2D eigenvalue weighted by atomic mass is 16.7. The van der Waals surface area contributed by atoms with E-state index >= 15 is 0 Å². The first-order valence-corrected chi connectivity index (χ1v) is 29.2. The Morgan fingerprint density at radius 2 is 0.650 bits per heavy atom. The van der Waals surface area contributed by atoms with Gasteiger partial charge < -0.3 is 81.7 Å². The van der Waals surface area contributed by atoms with Crippen LogP contribution in [-0.2, 0) is 42.6 Å². The molecule has 444 valence electrons. The Bertz CT molecular complexity index is 2010. The maximum absolute atomic E-state index is 13.5. The number of nitrogens with one attached hydrogen (secondary N) is 2. The van der Waals surface area contributed by atoms with Gasteiger partial charge in [0, 0.05) is 94.5 Å². The molecule has 0 spiro atoms. The van der Waals surface area contributed by atoms with Crippen molar-refractivity contribution in [2.24, 2.45) is 0 Å². The third kappa shape index (κ3) is 23.9. The van der Waals surface area contributed by atoms with Crippen LogP contribution < -0.4 is 39.1 Å². The van der Waals surface area contributed by atoms with Gasteiger partial charge in [0.05, 0.1) is 78.7 Å². The number of hydrogen-bond donors (Lipinski definition) is 2. The number of carbonyl (C=O) groups excluding carboxylic acids is 3. The second-order valence-corrected chi connectivity index (χ2v) is 20.0. The molecule has 3 aromatic carbocycles. The van der Waals surface area contributed by atoms with E-state index in [2.05, 4.69) is 10.6 Å². The van der Waals surface area contributed by atoms with E-state index in [0.717, 1.165) is 103 Å². The maximum Gasteiger partial charge on any atom is 0.338 e. The topological polar surface area (TPSA) is 214 Å². The summed E-state index contributed by atoms with van der Waals surface area (Å²) in [6.45, 7) is 7.49. The number of methoxy groups -OCH3 is 1. The molecule has 4 aliphatic rings. The number of amides is 2. The molecule has 80 heavy (non-hydrogen) atoms. The molecule has 20 nitrogen and oxygen atoms in total. The second-order valence-electron chi connectivity index (χ2n) is 20.0. The van der Waals surface area contributed by atoms with Crippen molar-refractivity contribution >= 4 is 17.8 Å². The van der Waals surface area contributed by atoms with Gasteiger partial charge in [-0.2, -0.15) is 0 Å². The normalized spacial score (nSPS) is 19.3. The Morgan fingerprint density at radius 3 is 0.912 bits per heavy atom. The summed E-state index contributed by atoms with van der Waals surface area (Å²) in [5, 5.41) is 5.94. The first-order valence-electron chi connectivity index (χ1n) is 29.2. The standard InChI is InChI=1S/C60H86N2O18/c1-66-60(65)47-40-52(67-26-10-20-61-58(63)45-36-48(69-28-12-32-77-54-16-2-6-22-73-54)42-49(37-45)70-29-13-33-78-55-17-3-7-23-74-55)44-53(41-47)68-27-11-21-62-59(64)46-38-50(71-30-14-34-79-56-18-4-8-24-75-56)43-51(39-46)72-31-15-35-80-57-19-5-9-25-76-57/h36-44,54-57H,2-35H2,1H3,(H,61,63)(H,62,64). The Morgan fingerprint density at radius 1 is 0.375 bits per heavy atom. The van der Waals surface area contributed by atoms with Crippen molar-refractivity contribution in [2.45, 2.75) is 141 Å². The van der Waals surface area contributed by atoms with E-state index in [1.165, 1.54) is 7.11 Å². The van der Waals surface area contributed by atoms with Crippen LogP contribution in [-0.4, -0.2) is 156 Å². The molecule has 0 bridgehead atoms. The zero-order chi connectivity index (χ0) is 55.7. The average Bonchev–Trinajstić information content (AvgIpc) is 3.49. The maximum atomic E-state index is 13.5. The van der Waals surface area contributed by atoms with Crippen LogP contribution in [0.3, 0.4) is 0 Å². The molecule has 2 N–H and O–H groups in total. The SMILES string of the molecule is COC(=O)c1cc(OCCCNC(=O)c2cc(OCCCOC3CCCCO3)cc(OCCCOC3CCCCO3)c2)cc(OCCCNC(=O)c2cc(OCCCOC3CCCCO3)cc(OCCCOC3CCCCO3)c2)c1. The Labute approximate surface area is 471 Å². The third-order valence-corrected chi connectivity index (χ3v) is 13.3.